The summed E-state index contributed by atoms with van der Waals surface area (Å²) in [5.74, 6) is -2.38. The lowest BCUT2D eigenvalue weighted by atomic mass is 9.83. The van der Waals surface area contributed by atoms with Gasteiger partial charge < -0.3 is 19.4 Å². The molecule has 0 radical (unpaired) electrons. The van der Waals surface area contributed by atoms with E-state index in [0.29, 0.717) is 5.56 Å². The largest absolute Gasteiger partial charge is 0.469 e. The summed E-state index contributed by atoms with van der Waals surface area (Å²) in [5.41, 5.74) is 6.58. The Morgan fingerprint density at radius 3 is 2.06 bits per heavy atom. The first-order valence-corrected chi connectivity index (χ1v) is 11.9. The molecule has 9 heteroatoms. The lowest BCUT2D eigenvalue weighted by Gasteiger charge is -2.28. The van der Waals surface area contributed by atoms with Crippen molar-refractivity contribution >= 4 is 22.1 Å². The lowest BCUT2D eigenvalue weighted by Crippen LogP contribution is -2.35. The number of esters is 2. The third-order valence-corrected chi connectivity index (χ3v) is 6.11. The number of aryl methyl sites for hydroxylation is 1. The highest BCUT2D eigenvalue weighted by Crippen LogP contribution is 2.32. The molecule has 0 spiro atoms. The van der Waals surface area contributed by atoms with Crippen LogP contribution < -0.4 is 9.92 Å². The van der Waals surface area contributed by atoms with E-state index in [1.807, 2.05) is 6.92 Å². The second kappa shape index (κ2) is 10.8. The summed E-state index contributed by atoms with van der Waals surface area (Å²) in [4.78, 5) is 24.9. The molecule has 8 nitrogen and oxygen atoms in total. The van der Waals surface area contributed by atoms with E-state index < -0.39 is 39.5 Å². The molecule has 0 saturated carbocycles. The van der Waals surface area contributed by atoms with Crippen molar-refractivity contribution in [1.29, 1.82) is 0 Å². The van der Waals surface area contributed by atoms with E-state index in [1.54, 1.807) is 45.0 Å². The Balaban J connectivity index is 2.33. The summed E-state index contributed by atoms with van der Waals surface area (Å²) in [6.45, 7) is 7.12. The average molecular weight is 478 g/mol. The fourth-order valence-electron chi connectivity index (χ4n) is 3.21. The van der Waals surface area contributed by atoms with Crippen molar-refractivity contribution in [3.8, 4) is 5.75 Å². The minimum absolute atomic E-state index is 0.0325. The number of rotatable bonds is 9. The van der Waals surface area contributed by atoms with Gasteiger partial charge >= 0.3 is 22.1 Å². The Labute approximate surface area is 195 Å². The quantitative estimate of drug-likeness (QED) is 0.431. The number of methoxy groups -OCH3 is 1. The van der Waals surface area contributed by atoms with Gasteiger partial charge in [0.2, 0.25) is 0 Å². The molecule has 0 fully saturated rings. The Hall–Kier alpha value is -2.91. The van der Waals surface area contributed by atoms with Crippen LogP contribution in [-0.2, 0) is 29.2 Å². The third kappa shape index (κ3) is 7.57. The Morgan fingerprint density at radius 2 is 1.58 bits per heavy atom. The van der Waals surface area contributed by atoms with Gasteiger partial charge in [-0.15, -0.1) is 0 Å². The number of benzene rings is 2. The first kappa shape index (κ1) is 26.3. The van der Waals surface area contributed by atoms with Crippen LogP contribution in [0.1, 0.15) is 44.2 Å². The highest BCUT2D eigenvalue weighted by molar-refractivity contribution is 7.87. The summed E-state index contributed by atoms with van der Waals surface area (Å²) >= 11 is 0. The first-order valence-electron chi connectivity index (χ1n) is 10.5. The Bertz CT molecular complexity index is 1060. The van der Waals surface area contributed by atoms with Crippen LogP contribution in [-0.4, -0.2) is 39.6 Å². The molecular formula is C24H31NO7S. The van der Waals surface area contributed by atoms with Crippen molar-refractivity contribution in [3.63, 3.8) is 0 Å². The smallest absolute Gasteiger partial charge is 0.339 e. The SMILES string of the molecule is COC(=O)CC(CN)C(C(=O)OC(C)(C)C)c1ccc(OS(=O)(=O)c2ccc(C)cc2)cc1. The molecule has 2 N–H and O–H groups in total. The van der Waals surface area contributed by atoms with E-state index >= 15 is 0 Å². The highest BCUT2D eigenvalue weighted by Gasteiger charge is 2.34. The first-order chi connectivity index (χ1) is 15.4. The zero-order valence-corrected chi connectivity index (χ0v) is 20.3. The Kier molecular flexibility index (Phi) is 8.63. The predicted molar refractivity (Wildman–Crippen MR) is 123 cm³/mol. The number of hydrogen-bond acceptors (Lipinski definition) is 8. The maximum atomic E-state index is 13.0. The van der Waals surface area contributed by atoms with E-state index in [-0.39, 0.29) is 23.6 Å². The molecule has 0 aliphatic carbocycles. The van der Waals surface area contributed by atoms with Gasteiger partial charge in [0.05, 0.1) is 19.4 Å². The van der Waals surface area contributed by atoms with Crippen molar-refractivity contribution in [2.45, 2.75) is 50.5 Å². The van der Waals surface area contributed by atoms with Crippen molar-refractivity contribution in [3.05, 3.63) is 59.7 Å². The molecule has 33 heavy (non-hydrogen) atoms. The van der Waals surface area contributed by atoms with Gasteiger partial charge in [0, 0.05) is 0 Å². The number of hydrogen-bond donors (Lipinski definition) is 1. The molecule has 0 aromatic heterocycles. The van der Waals surface area contributed by atoms with Crippen LogP contribution >= 0.6 is 0 Å². The van der Waals surface area contributed by atoms with Gasteiger partial charge in [-0.1, -0.05) is 29.8 Å². The van der Waals surface area contributed by atoms with E-state index in [1.165, 1.54) is 31.4 Å². The topological polar surface area (TPSA) is 122 Å². The Morgan fingerprint density at radius 1 is 1.00 bits per heavy atom. The monoisotopic (exact) mass is 477 g/mol. The van der Waals surface area contributed by atoms with Crippen LogP contribution in [0, 0.1) is 12.8 Å². The zero-order chi connectivity index (χ0) is 24.8. The molecular weight excluding hydrogens is 446 g/mol. The zero-order valence-electron chi connectivity index (χ0n) is 19.5. The molecule has 0 aliphatic heterocycles. The molecule has 0 amide bonds. The van der Waals surface area contributed by atoms with Crippen molar-refractivity contribution in [1.82, 2.24) is 0 Å². The van der Waals surface area contributed by atoms with E-state index in [2.05, 4.69) is 0 Å². The maximum absolute atomic E-state index is 13.0. The summed E-state index contributed by atoms with van der Waals surface area (Å²) in [6, 6.07) is 12.3. The third-order valence-electron chi connectivity index (χ3n) is 4.85. The predicted octanol–water partition coefficient (Wildman–Crippen LogP) is 3.33. The number of carbonyl (C=O) groups excluding carboxylic acids is 2. The fraction of sp³-hybridized carbons (Fsp3) is 0.417. The second-order valence-electron chi connectivity index (χ2n) is 8.71. The van der Waals surface area contributed by atoms with Crippen LogP contribution in [0.4, 0.5) is 0 Å². The molecule has 2 unspecified atom stereocenters. The van der Waals surface area contributed by atoms with E-state index in [4.69, 9.17) is 19.4 Å². The summed E-state index contributed by atoms with van der Waals surface area (Å²) in [7, 11) is -2.75. The number of nitrogens with two attached hydrogens (primary N) is 1. The molecule has 0 saturated heterocycles. The summed E-state index contributed by atoms with van der Waals surface area (Å²) in [6.07, 6.45) is -0.0725. The molecule has 0 heterocycles. The molecule has 2 atom stereocenters. The van der Waals surface area contributed by atoms with Crippen molar-refractivity contribution < 1.29 is 31.7 Å². The van der Waals surface area contributed by atoms with Gasteiger partial charge in [-0.25, -0.2) is 0 Å². The minimum atomic E-state index is -4.02. The fourth-order valence-corrected chi connectivity index (χ4v) is 4.14. The van der Waals surface area contributed by atoms with Crippen LogP contribution in [0.25, 0.3) is 0 Å². The molecule has 0 bridgehead atoms. The molecule has 2 rings (SSSR count). The van der Waals surface area contributed by atoms with Crippen LogP contribution in [0.15, 0.2) is 53.4 Å². The maximum Gasteiger partial charge on any atom is 0.339 e. The highest BCUT2D eigenvalue weighted by atomic mass is 32.2. The van der Waals surface area contributed by atoms with Gasteiger partial charge in [-0.05, 0) is 70.0 Å². The van der Waals surface area contributed by atoms with Crippen LogP contribution in [0.5, 0.6) is 5.75 Å². The van der Waals surface area contributed by atoms with Crippen LogP contribution in [0.2, 0.25) is 0 Å². The van der Waals surface area contributed by atoms with Crippen molar-refractivity contribution in [2.24, 2.45) is 11.7 Å². The van der Waals surface area contributed by atoms with Crippen molar-refractivity contribution in [2.75, 3.05) is 13.7 Å². The summed E-state index contributed by atoms with van der Waals surface area (Å²) in [5, 5.41) is 0. The molecule has 0 aliphatic rings. The van der Waals surface area contributed by atoms with Gasteiger partial charge in [0.1, 0.15) is 16.2 Å². The molecule has 180 valence electrons. The number of carbonyl (C=O) groups is 2. The second-order valence-corrected chi connectivity index (χ2v) is 10.3. The standard InChI is InChI=1S/C24H31NO7S/c1-16-6-12-20(13-7-16)33(28,29)32-19-10-8-17(9-11-19)22(23(27)31-24(2,3)4)18(15-25)14-21(26)30-5/h6-13,18,22H,14-15,25H2,1-5H3. The van der Waals surface area contributed by atoms with Gasteiger partial charge in [-0.2, -0.15) is 8.42 Å². The van der Waals surface area contributed by atoms with E-state index in [9.17, 15) is 18.0 Å². The van der Waals surface area contributed by atoms with Gasteiger partial charge in [-0.3, -0.25) is 9.59 Å². The number of ether oxygens (including phenoxy) is 2. The average Bonchev–Trinajstić information content (AvgIpc) is 2.73. The lowest BCUT2D eigenvalue weighted by molar-refractivity contribution is -0.158. The van der Waals surface area contributed by atoms with Crippen LogP contribution in [0.3, 0.4) is 0 Å². The normalized spacial score (nSPS) is 13.6. The van der Waals surface area contributed by atoms with Gasteiger partial charge in [0.15, 0.2) is 0 Å². The van der Waals surface area contributed by atoms with Gasteiger partial charge in [0.25, 0.3) is 0 Å². The van der Waals surface area contributed by atoms with E-state index in [0.717, 1.165) is 5.56 Å². The summed E-state index contributed by atoms with van der Waals surface area (Å²) < 4.78 is 40.6. The minimum Gasteiger partial charge on any atom is -0.469 e. The molecule has 2 aromatic carbocycles. The molecule has 2 aromatic rings.